The van der Waals surface area contributed by atoms with Gasteiger partial charge in [0, 0.05) is 44.8 Å². The second-order valence-corrected chi connectivity index (χ2v) is 9.45. The van der Waals surface area contributed by atoms with Gasteiger partial charge in [-0.1, -0.05) is 19.3 Å². The van der Waals surface area contributed by atoms with Gasteiger partial charge in [-0.15, -0.1) is 0 Å². The van der Waals surface area contributed by atoms with Gasteiger partial charge in [0.25, 0.3) is 0 Å². The number of fused-ring (bicyclic) bond motifs is 1. The first-order valence-corrected chi connectivity index (χ1v) is 12.3. The number of anilines is 1. The fourth-order valence-corrected chi connectivity index (χ4v) is 5.29. The van der Waals surface area contributed by atoms with E-state index < -0.39 is 0 Å². The van der Waals surface area contributed by atoms with Gasteiger partial charge < -0.3 is 14.8 Å². The molecule has 1 aliphatic carbocycles. The maximum absolute atomic E-state index is 11.9. The van der Waals surface area contributed by atoms with Gasteiger partial charge in [-0.2, -0.15) is 5.10 Å². The normalized spacial score (nSPS) is 17.4. The molecule has 1 aliphatic heterocycles. The van der Waals surface area contributed by atoms with E-state index in [1.165, 1.54) is 32.1 Å². The minimum absolute atomic E-state index is 0.274. The van der Waals surface area contributed by atoms with Crippen LogP contribution in [-0.2, 0) is 11.8 Å². The number of rotatable bonds is 7. The standard InChI is InChI=1S/C24H34N8O/c1-16-20(17(2)30(3)29-16)22-27-23(25-12-8-14-31-13-7-11-19(31)33)21-24(28-22)32(15-26-21)18-9-5-4-6-10-18/h15,18H,4-14H2,1-3H3,(H,25,27,28). The molecule has 1 N–H and O–H groups in total. The van der Waals surface area contributed by atoms with Crippen LogP contribution in [0.4, 0.5) is 5.82 Å². The summed E-state index contributed by atoms with van der Waals surface area (Å²) in [6.07, 6.45) is 10.6. The summed E-state index contributed by atoms with van der Waals surface area (Å²) in [5.41, 5.74) is 4.68. The first-order valence-electron chi connectivity index (χ1n) is 12.3. The Balaban J connectivity index is 1.47. The summed E-state index contributed by atoms with van der Waals surface area (Å²) in [4.78, 5) is 28.5. The number of amides is 1. The number of carbonyl (C=O) groups excluding carboxylic acids is 1. The third kappa shape index (κ3) is 4.20. The molecule has 176 valence electrons. The number of hydrogen-bond donors (Lipinski definition) is 1. The molecule has 2 fully saturated rings. The molecule has 0 radical (unpaired) electrons. The van der Waals surface area contributed by atoms with Crippen molar-refractivity contribution < 1.29 is 4.79 Å². The quantitative estimate of drug-likeness (QED) is 0.551. The van der Waals surface area contributed by atoms with Crippen LogP contribution in [0.5, 0.6) is 0 Å². The Morgan fingerprint density at radius 1 is 1.12 bits per heavy atom. The van der Waals surface area contributed by atoms with Crippen LogP contribution in [0.2, 0.25) is 0 Å². The lowest BCUT2D eigenvalue weighted by Crippen LogP contribution is -2.27. The fourth-order valence-electron chi connectivity index (χ4n) is 5.29. The molecule has 3 aromatic heterocycles. The van der Waals surface area contributed by atoms with Gasteiger partial charge >= 0.3 is 0 Å². The summed E-state index contributed by atoms with van der Waals surface area (Å²) in [5.74, 6) is 1.73. The number of hydrogen-bond acceptors (Lipinski definition) is 6. The molecule has 0 spiro atoms. The number of nitrogens with zero attached hydrogens (tertiary/aromatic N) is 7. The Morgan fingerprint density at radius 2 is 1.94 bits per heavy atom. The molecule has 5 rings (SSSR count). The van der Waals surface area contributed by atoms with Crippen LogP contribution >= 0.6 is 0 Å². The highest BCUT2D eigenvalue weighted by molar-refractivity contribution is 5.85. The molecule has 2 aliphatic rings. The molecule has 1 saturated heterocycles. The molecule has 0 bridgehead atoms. The third-order valence-corrected chi connectivity index (χ3v) is 7.19. The van der Waals surface area contributed by atoms with Crippen LogP contribution in [-0.4, -0.2) is 59.7 Å². The van der Waals surface area contributed by atoms with Crippen LogP contribution in [0.25, 0.3) is 22.6 Å². The lowest BCUT2D eigenvalue weighted by molar-refractivity contribution is -0.127. The summed E-state index contributed by atoms with van der Waals surface area (Å²) in [7, 11) is 1.95. The van der Waals surface area contributed by atoms with Gasteiger partial charge in [-0.05, 0) is 39.5 Å². The predicted octanol–water partition coefficient (Wildman–Crippen LogP) is 3.77. The van der Waals surface area contributed by atoms with Gasteiger partial charge in [-0.25, -0.2) is 15.0 Å². The zero-order chi connectivity index (χ0) is 22.9. The van der Waals surface area contributed by atoms with E-state index in [2.05, 4.69) is 21.9 Å². The van der Waals surface area contributed by atoms with E-state index in [0.29, 0.717) is 18.3 Å². The molecule has 9 nitrogen and oxygen atoms in total. The Bertz CT molecular complexity index is 1160. The van der Waals surface area contributed by atoms with E-state index in [0.717, 1.165) is 66.4 Å². The van der Waals surface area contributed by atoms with Crippen molar-refractivity contribution in [2.75, 3.05) is 25.0 Å². The van der Waals surface area contributed by atoms with Gasteiger partial charge in [0.15, 0.2) is 17.3 Å². The molecule has 0 aromatic carbocycles. The highest BCUT2D eigenvalue weighted by atomic mass is 16.2. The highest BCUT2D eigenvalue weighted by Gasteiger charge is 2.23. The van der Waals surface area contributed by atoms with Crippen LogP contribution in [0.3, 0.4) is 0 Å². The van der Waals surface area contributed by atoms with Crippen molar-refractivity contribution in [1.82, 2.24) is 34.2 Å². The topological polar surface area (TPSA) is 93.8 Å². The van der Waals surface area contributed by atoms with E-state index in [4.69, 9.17) is 15.0 Å². The maximum atomic E-state index is 11.9. The average molecular weight is 451 g/mol. The minimum atomic E-state index is 0.274. The van der Waals surface area contributed by atoms with Crippen LogP contribution in [0.1, 0.15) is 68.8 Å². The van der Waals surface area contributed by atoms with Gasteiger partial charge in [0.05, 0.1) is 17.6 Å². The monoisotopic (exact) mass is 450 g/mol. The first kappa shape index (κ1) is 21.9. The molecule has 1 saturated carbocycles. The van der Waals surface area contributed by atoms with Crippen molar-refractivity contribution in [2.45, 2.75) is 71.3 Å². The fraction of sp³-hybridized carbons (Fsp3) is 0.625. The van der Waals surface area contributed by atoms with Crippen molar-refractivity contribution in [3.8, 4) is 11.4 Å². The smallest absolute Gasteiger partial charge is 0.222 e. The summed E-state index contributed by atoms with van der Waals surface area (Å²) < 4.78 is 4.14. The maximum Gasteiger partial charge on any atom is 0.222 e. The Morgan fingerprint density at radius 3 is 2.64 bits per heavy atom. The molecular weight excluding hydrogens is 416 g/mol. The lowest BCUT2D eigenvalue weighted by Gasteiger charge is -2.23. The van der Waals surface area contributed by atoms with Gasteiger partial charge in [-0.3, -0.25) is 9.48 Å². The second kappa shape index (κ2) is 9.11. The molecule has 3 aromatic rings. The Labute approximate surface area is 194 Å². The number of aryl methyl sites for hydroxylation is 2. The predicted molar refractivity (Wildman–Crippen MR) is 128 cm³/mol. The second-order valence-electron chi connectivity index (χ2n) is 9.45. The molecule has 9 heteroatoms. The third-order valence-electron chi connectivity index (χ3n) is 7.19. The molecule has 0 unspecified atom stereocenters. The van der Waals surface area contributed by atoms with Crippen molar-refractivity contribution in [3.63, 3.8) is 0 Å². The first-order chi connectivity index (χ1) is 16.0. The number of likely N-dealkylation sites (tertiary alicyclic amines) is 1. The molecule has 4 heterocycles. The van der Waals surface area contributed by atoms with Crippen LogP contribution in [0.15, 0.2) is 6.33 Å². The Kier molecular flexibility index (Phi) is 6.03. The zero-order valence-corrected chi connectivity index (χ0v) is 20.0. The average Bonchev–Trinajstić information content (AvgIpc) is 3.49. The number of aromatic nitrogens is 6. The van der Waals surface area contributed by atoms with E-state index in [1.807, 2.05) is 29.9 Å². The van der Waals surface area contributed by atoms with Crippen LogP contribution < -0.4 is 5.32 Å². The Hall–Kier alpha value is -2.97. The SMILES string of the molecule is Cc1nn(C)c(C)c1-c1nc(NCCCN2CCCC2=O)c2ncn(C3CCCCC3)c2n1. The molecule has 1 amide bonds. The molecule has 33 heavy (non-hydrogen) atoms. The van der Waals surface area contributed by atoms with Crippen molar-refractivity contribution in [1.29, 1.82) is 0 Å². The van der Waals surface area contributed by atoms with Crippen LogP contribution in [0, 0.1) is 13.8 Å². The summed E-state index contributed by atoms with van der Waals surface area (Å²) in [5, 5.41) is 8.09. The zero-order valence-electron chi connectivity index (χ0n) is 20.0. The van der Waals surface area contributed by atoms with Crippen molar-refractivity contribution >= 4 is 22.9 Å². The van der Waals surface area contributed by atoms with Gasteiger partial charge in [0.1, 0.15) is 5.52 Å². The largest absolute Gasteiger partial charge is 0.368 e. The van der Waals surface area contributed by atoms with E-state index in [1.54, 1.807) is 0 Å². The minimum Gasteiger partial charge on any atom is -0.368 e. The number of imidazole rings is 1. The molecule has 0 atom stereocenters. The number of carbonyl (C=O) groups is 1. The summed E-state index contributed by atoms with van der Waals surface area (Å²) in [6.45, 7) is 6.46. The lowest BCUT2D eigenvalue weighted by atomic mass is 9.95. The van der Waals surface area contributed by atoms with E-state index in [-0.39, 0.29) is 5.91 Å². The highest BCUT2D eigenvalue weighted by Crippen LogP contribution is 2.33. The van der Waals surface area contributed by atoms with Crippen molar-refractivity contribution in [3.05, 3.63) is 17.7 Å². The summed E-state index contributed by atoms with van der Waals surface area (Å²) >= 11 is 0. The van der Waals surface area contributed by atoms with E-state index >= 15 is 0 Å². The van der Waals surface area contributed by atoms with E-state index in [9.17, 15) is 4.79 Å². The summed E-state index contributed by atoms with van der Waals surface area (Å²) in [6, 6.07) is 0.441. The molecular formula is C24H34N8O. The number of nitrogens with one attached hydrogen (secondary N) is 1. The van der Waals surface area contributed by atoms with Gasteiger partial charge in [0.2, 0.25) is 5.91 Å². The van der Waals surface area contributed by atoms with Crippen molar-refractivity contribution in [2.24, 2.45) is 7.05 Å².